The summed E-state index contributed by atoms with van der Waals surface area (Å²) in [5, 5.41) is 3.89. The molecule has 1 saturated carbocycles. The van der Waals surface area contributed by atoms with E-state index in [9.17, 15) is 9.59 Å². The number of esters is 1. The van der Waals surface area contributed by atoms with E-state index in [0.717, 1.165) is 87.0 Å². The topological polar surface area (TPSA) is 80.8 Å². The Bertz CT molecular complexity index is 1040. The molecular weight excluding hydrogens is 430 g/mol. The Hall–Kier alpha value is -2.51. The van der Waals surface area contributed by atoms with Crippen molar-refractivity contribution in [1.29, 1.82) is 0 Å². The number of carbonyl (C=O) groups excluding carboxylic acids is 2. The van der Waals surface area contributed by atoms with Crippen LogP contribution in [-0.2, 0) is 27.1 Å². The van der Waals surface area contributed by atoms with Crippen LogP contribution in [0.25, 0.3) is 10.9 Å². The van der Waals surface area contributed by atoms with Crippen LogP contribution in [0.15, 0.2) is 24.3 Å². The van der Waals surface area contributed by atoms with E-state index in [2.05, 4.69) is 10.2 Å². The van der Waals surface area contributed by atoms with Crippen LogP contribution >= 0.6 is 0 Å². The zero-order valence-corrected chi connectivity index (χ0v) is 19.9. The predicted molar refractivity (Wildman–Crippen MR) is 130 cm³/mol. The van der Waals surface area contributed by atoms with E-state index >= 15 is 0 Å². The van der Waals surface area contributed by atoms with Crippen LogP contribution in [0.2, 0.25) is 0 Å². The second-order valence-electron chi connectivity index (χ2n) is 9.87. The Morgan fingerprint density at radius 2 is 1.79 bits per heavy atom. The van der Waals surface area contributed by atoms with E-state index in [1.807, 2.05) is 24.3 Å². The number of nitrogens with zero attached hydrogens (tertiary/aromatic N) is 2. The molecule has 34 heavy (non-hydrogen) atoms. The number of carbonyl (C=O) groups is 2. The molecule has 1 aromatic heterocycles. The van der Waals surface area contributed by atoms with Gasteiger partial charge in [-0.1, -0.05) is 37.5 Å². The number of morpholine rings is 1. The molecule has 1 aliphatic heterocycles. The molecule has 0 atom stereocenters. The molecule has 1 amide bonds. The number of fused-ring (bicyclic) bond motifs is 2. The van der Waals surface area contributed by atoms with Crippen LogP contribution < -0.4 is 5.32 Å². The normalized spacial score (nSPS) is 20.5. The number of benzene rings is 1. The molecule has 1 N–H and O–H groups in total. The first kappa shape index (κ1) is 23.2. The maximum atomic E-state index is 13.2. The number of nitrogens with one attached hydrogen (secondary N) is 1. The molecule has 2 heterocycles. The van der Waals surface area contributed by atoms with Crippen LogP contribution in [-0.4, -0.2) is 66.8 Å². The van der Waals surface area contributed by atoms with Crippen LogP contribution in [0.4, 0.5) is 0 Å². The summed E-state index contributed by atoms with van der Waals surface area (Å²) in [4.78, 5) is 33.2. The molecule has 2 aliphatic carbocycles. The van der Waals surface area contributed by atoms with Crippen molar-refractivity contribution < 1.29 is 19.1 Å². The van der Waals surface area contributed by atoms with E-state index in [1.165, 1.54) is 19.3 Å². The highest BCUT2D eigenvalue weighted by Gasteiger charge is 2.38. The Morgan fingerprint density at radius 1 is 1.03 bits per heavy atom. The fraction of sp³-hybridized carbons (Fsp3) is 0.593. The lowest BCUT2D eigenvalue weighted by molar-refractivity contribution is -0.125. The van der Waals surface area contributed by atoms with E-state index in [4.69, 9.17) is 14.5 Å². The van der Waals surface area contributed by atoms with Gasteiger partial charge in [-0.3, -0.25) is 14.7 Å². The number of aromatic nitrogens is 1. The Morgan fingerprint density at radius 3 is 2.62 bits per heavy atom. The lowest BCUT2D eigenvalue weighted by atomic mass is 9.79. The summed E-state index contributed by atoms with van der Waals surface area (Å²) in [6, 6.07) is 7.70. The number of hydrogen-bond donors (Lipinski definition) is 1. The lowest BCUT2D eigenvalue weighted by Gasteiger charge is -2.48. The highest BCUT2D eigenvalue weighted by atomic mass is 16.5. The van der Waals surface area contributed by atoms with Gasteiger partial charge in [-0.2, -0.15) is 0 Å². The summed E-state index contributed by atoms with van der Waals surface area (Å²) >= 11 is 0. The molecule has 0 spiro atoms. The van der Waals surface area contributed by atoms with Crippen LogP contribution in [0, 0.1) is 0 Å². The molecule has 1 aromatic carbocycles. The van der Waals surface area contributed by atoms with Crippen molar-refractivity contribution in [3.63, 3.8) is 0 Å². The number of pyridine rings is 1. The van der Waals surface area contributed by atoms with Gasteiger partial charge in [0.1, 0.15) is 0 Å². The van der Waals surface area contributed by atoms with Crippen molar-refractivity contribution in [2.24, 2.45) is 0 Å². The van der Waals surface area contributed by atoms with Gasteiger partial charge in [-0.15, -0.1) is 0 Å². The van der Waals surface area contributed by atoms with Crippen molar-refractivity contribution in [1.82, 2.24) is 15.2 Å². The fourth-order valence-electron chi connectivity index (χ4n) is 5.98. The summed E-state index contributed by atoms with van der Waals surface area (Å²) in [7, 11) is 0. The molecule has 0 radical (unpaired) electrons. The zero-order valence-electron chi connectivity index (χ0n) is 19.9. The smallest absolute Gasteiger partial charge is 0.339 e. The first-order valence-corrected chi connectivity index (χ1v) is 12.8. The highest BCUT2D eigenvalue weighted by molar-refractivity contribution is 6.05. The highest BCUT2D eigenvalue weighted by Crippen LogP contribution is 2.34. The largest absolute Gasteiger partial charge is 0.452 e. The number of rotatable bonds is 6. The van der Waals surface area contributed by atoms with Crippen LogP contribution in [0.3, 0.4) is 0 Å². The van der Waals surface area contributed by atoms with Crippen molar-refractivity contribution in [3.05, 3.63) is 41.1 Å². The Labute approximate surface area is 201 Å². The molecule has 182 valence electrons. The summed E-state index contributed by atoms with van der Waals surface area (Å²) in [5.74, 6) is -0.661. The van der Waals surface area contributed by atoms with Crippen molar-refractivity contribution in [3.8, 4) is 0 Å². The van der Waals surface area contributed by atoms with Crippen molar-refractivity contribution in [2.75, 3.05) is 39.5 Å². The van der Waals surface area contributed by atoms with Crippen LogP contribution in [0.1, 0.15) is 66.6 Å². The zero-order chi connectivity index (χ0) is 23.4. The molecule has 1 saturated heterocycles. The maximum Gasteiger partial charge on any atom is 0.339 e. The van der Waals surface area contributed by atoms with E-state index in [1.54, 1.807) is 0 Å². The summed E-state index contributed by atoms with van der Waals surface area (Å²) in [6.45, 7) is 3.64. The van der Waals surface area contributed by atoms with Gasteiger partial charge in [-0.25, -0.2) is 4.79 Å². The molecule has 0 unspecified atom stereocenters. The summed E-state index contributed by atoms with van der Waals surface area (Å²) in [5.41, 5.74) is 3.37. The van der Waals surface area contributed by atoms with Gasteiger partial charge in [0, 0.05) is 36.3 Å². The third-order valence-electron chi connectivity index (χ3n) is 7.79. The van der Waals surface area contributed by atoms with Gasteiger partial charge in [0.05, 0.1) is 24.3 Å². The van der Waals surface area contributed by atoms with Gasteiger partial charge < -0.3 is 14.8 Å². The predicted octanol–water partition coefficient (Wildman–Crippen LogP) is 3.42. The number of hydrogen-bond acceptors (Lipinski definition) is 6. The number of ether oxygens (including phenoxy) is 2. The molecule has 7 nitrogen and oxygen atoms in total. The molecule has 7 heteroatoms. The Kier molecular flexibility index (Phi) is 7.11. The maximum absolute atomic E-state index is 13.2. The minimum absolute atomic E-state index is 0.0118. The van der Waals surface area contributed by atoms with Crippen molar-refractivity contribution >= 4 is 22.8 Å². The number of amides is 1. The van der Waals surface area contributed by atoms with E-state index in [0.29, 0.717) is 12.1 Å². The summed E-state index contributed by atoms with van der Waals surface area (Å²) in [6.07, 6.45) is 9.62. The van der Waals surface area contributed by atoms with E-state index < -0.39 is 5.97 Å². The molecule has 2 fully saturated rings. The first-order valence-electron chi connectivity index (χ1n) is 12.8. The third-order valence-corrected chi connectivity index (χ3v) is 7.79. The van der Waals surface area contributed by atoms with Crippen molar-refractivity contribution in [2.45, 2.75) is 63.3 Å². The molecule has 0 bridgehead atoms. The summed E-state index contributed by atoms with van der Waals surface area (Å²) < 4.78 is 11.1. The van der Waals surface area contributed by atoms with E-state index in [-0.39, 0.29) is 18.1 Å². The van der Waals surface area contributed by atoms with Crippen LogP contribution in [0.5, 0.6) is 0 Å². The molecule has 3 aliphatic rings. The Balaban J connectivity index is 1.25. The average Bonchev–Trinajstić information content (AvgIpc) is 2.90. The molecule has 5 rings (SSSR count). The monoisotopic (exact) mass is 465 g/mol. The van der Waals surface area contributed by atoms with Gasteiger partial charge in [-0.05, 0) is 50.2 Å². The van der Waals surface area contributed by atoms with Gasteiger partial charge in [0.2, 0.25) is 0 Å². The number of para-hydroxylation sites is 1. The van der Waals surface area contributed by atoms with Gasteiger partial charge in [0.25, 0.3) is 5.91 Å². The second-order valence-corrected chi connectivity index (χ2v) is 9.87. The minimum Gasteiger partial charge on any atom is -0.452 e. The SMILES string of the molecule is O=C(COC(=O)c1c2c(nc3ccccc13)CCCC2)NCC1(N2CCOCC2)CCCCC1. The fourth-order valence-corrected chi connectivity index (χ4v) is 5.98. The number of aryl methyl sites for hydroxylation is 1. The molecule has 2 aromatic rings. The standard InChI is InChI=1S/C27H35N3O4/c31-24(28-19-27(12-6-1-7-13-27)30-14-16-33-17-15-30)18-34-26(32)25-20-8-2-4-10-22(20)29-23-11-5-3-9-21(23)25/h2,4,8,10H,1,3,5-7,9,11-19H2,(H,28,31). The quantitative estimate of drug-likeness (QED) is 0.659. The minimum atomic E-state index is -0.424. The molecular formula is C27H35N3O4. The third kappa shape index (κ3) is 4.82. The lowest BCUT2D eigenvalue weighted by Crippen LogP contribution is -2.59. The van der Waals surface area contributed by atoms with Gasteiger partial charge >= 0.3 is 5.97 Å². The average molecular weight is 466 g/mol. The first-order chi connectivity index (χ1) is 16.7. The van der Waals surface area contributed by atoms with Gasteiger partial charge in [0.15, 0.2) is 6.61 Å². The second kappa shape index (κ2) is 10.4.